The Bertz CT molecular complexity index is 1150. The molecule has 2 aromatic heterocycles. The Morgan fingerprint density at radius 1 is 1.11 bits per heavy atom. The topological polar surface area (TPSA) is 59.8 Å². The number of amides is 1. The van der Waals surface area contributed by atoms with Gasteiger partial charge in [0.1, 0.15) is 15.7 Å². The van der Waals surface area contributed by atoms with Crippen LogP contribution in [0.4, 0.5) is 0 Å². The van der Waals surface area contributed by atoms with Gasteiger partial charge in [0.2, 0.25) is 0 Å². The summed E-state index contributed by atoms with van der Waals surface area (Å²) >= 11 is 7.34. The molecule has 0 fully saturated rings. The first-order valence-corrected chi connectivity index (χ1v) is 10.2. The van der Waals surface area contributed by atoms with Crippen molar-refractivity contribution in [3.63, 3.8) is 0 Å². The van der Waals surface area contributed by atoms with Crippen LogP contribution in [0.2, 0.25) is 5.02 Å². The summed E-state index contributed by atoms with van der Waals surface area (Å²) in [7, 11) is 0. The Kier molecular flexibility index (Phi) is 5.15. The van der Waals surface area contributed by atoms with E-state index in [2.05, 4.69) is 19.9 Å². The largest absolute Gasteiger partial charge is 0.349 e. The number of benzene rings is 2. The van der Waals surface area contributed by atoms with Crippen LogP contribution in [-0.4, -0.2) is 27.0 Å². The molecule has 0 aliphatic carbocycles. The van der Waals surface area contributed by atoms with Gasteiger partial charge in [-0.2, -0.15) is 0 Å². The lowest BCUT2D eigenvalue weighted by molar-refractivity contribution is 0.0955. The number of thiazole rings is 1. The minimum absolute atomic E-state index is 0.0997. The molecule has 0 aliphatic rings. The molecule has 0 radical (unpaired) electrons. The van der Waals surface area contributed by atoms with Crippen molar-refractivity contribution in [2.45, 2.75) is 20.4 Å². The van der Waals surface area contributed by atoms with Gasteiger partial charge in [-0.1, -0.05) is 35.9 Å². The molecule has 2 heterocycles. The van der Waals surface area contributed by atoms with Gasteiger partial charge in [0, 0.05) is 23.7 Å². The van der Waals surface area contributed by atoms with Gasteiger partial charge in [-0.25, -0.2) is 9.97 Å². The van der Waals surface area contributed by atoms with Crippen LogP contribution in [0.15, 0.2) is 48.5 Å². The number of nitrogens with one attached hydrogen (secondary N) is 1. The van der Waals surface area contributed by atoms with Crippen molar-refractivity contribution in [1.29, 1.82) is 0 Å². The SMILES string of the molecule is Cc1nc(-c2ccc(Cl)cc2)sc1C(=O)NCCn1c(C)nc2ccccc21. The van der Waals surface area contributed by atoms with Gasteiger partial charge in [0.25, 0.3) is 5.91 Å². The predicted molar refractivity (Wildman–Crippen MR) is 114 cm³/mol. The van der Waals surface area contributed by atoms with E-state index in [0.29, 0.717) is 23.0 Å². The van der Waals surface area contributed by atoms with E-state index in [1.807, 2.05) is 62.4 Å². The minimum Gasteiger partial charge on any atom is -0.349 e. The lowest BCUT2D eigenvalue weighted by Gasteiger charge is -2.08. The highest BCUT2D eigenvalue weighted by molar-refractivity contribution is 7.17. The summed E-state index contributed by atoms with van der Waals surface area (Å²) < 4.78 is 2.12. The number of nitrogens with zero attached hydrogens (tertiary/aromatic N) is 3. The van der Waals surface area contributed by atoms with Crippen molar-refractivity contribution >= 4 is 39.9 Å². The molecule has 0 unspecified atom stereocenters. The van der Waals surface area contributed by atoms with E-state index in [-0.39, 0.29) is 5.91 Å². The number of rotatable bonds is 5. The number of carbonyl (C=O) groups is 1. The zero-order valence-electron chi connectivity index (χ0n) is 15.6. The standard InChI is InChI=1S/C21H19ClN4OS/c1-13-19(28-21(24-13)15-7-9-16(22)10-8-15)20(27)23-11-12-26-14(2)25-17-5-3-4-6-18(17)26/h3-10H,11-12H2,1-2H3,(H,23,27). The van der Waals surface area contributed by atoms with Gasteiger partial charge < -0.3 is 9.88 Å². The molecule has 4 rings (SSSR count). The third kappa shape index (κ3) is 3.66. The lowest BCUT2D eigenvalue weighted by atomic mass is 10.2. The predicted octanol–water partition coefficient (Wildman–Crippen LogP) is 4.86. The molecular weight excluding hydrogens is 392 g/mol. The quantitative estimate of drug-likeness (QED) is 0.511. The molecule has 0 aliphatic heterocycles. The van der Waals surface area contributed by atoms with Gasteiger partial charge in [0.05, 0.1) is 16.7 Å². The summed E-state index contributed by atoms with van der Waals surface area (Å²) in [5.74, 6) is 0.840. The number of imidazole rings is 1. The summed E-state index contributed by atoms with van der Waals surface area (Å²) in [5, 5.41) is 4.50. The third-order valence-corrected chi connectivity index (χ3v) is 6.02. The second kappa shape index (κ2) is 7.73. The maximum Gasteiger partial charge on any atom is 0.263 e. The molecule has 1 amide bonds. The van der Waals surface area contributed by atoms with E-state index in [4.69, 9.17) is 11.6 Å². The third-order valence-electron chi connectivity index (χ3n) is 4.56. The molecule has 2 aromatic carbocycles. The number of hydrogen-bond acceptors (Lipinski definition) is 4. The zero-order chi connectivity index (χ0) is 19.7. The number of aryl methyl sites for hydroxylation is 2. The number of carbonyl (C=O) groups excluding carboxylic acids is 1. The monoisotopic (exact) mass is 410 g/mol. The zero-order valence-corrected chi connectivity index (χ0v) is 17.1. The molecule has 28 heavy (non-hydrogen) atoms. The Labute approximate surface area is 172 Å². The van der Waals surface area contributed by atoms with Crippen LogP contribution >= 0.6 is 22.9 Å². The van der Waals surface area contributed by atoms with Gasteiger partial charge in [-0.05, 0) is 38.1 Å². The Balaban J connectivity index is 1.45. The van der Waals surface area contributed by atoms with E-state index in [9.17, 15) is 4.79 Å². The fraction of sp³-hybridized carbons (Fsp3) is 0.190. The Morgan fingerprint density at radius 2 is 1.86 bits per heavy atom. The molecule has 4 aromatic rings. The number of aromatic nitrogens is 3. The van der Waals surface area contributed by atoms with Crippen molar-refractivity contribution in [3.05, 3.63) is 69.9 Å². The second-order valence-corrected chi connectivity index (χ2v) is 7.93. The van der Waals surface area contributed by atoms with Crippen LogP contribution in [0.5, 0.6) is 0 Å². The number of halogens is 1. The number of hydrogen-bond donors (Lipinski definition) is 1. The molecule has 0 atom stereocenters. The smallest absolute Gasteiger partial charge is 0.263 e. The van der Waals surface area contributed by atoms with E-state index < -0.39 is 0 Å². The normalized spacial score (nSPS) is 11.1. The van der Waals surface area contributed by atoms with Crippen molar-refractivity contribution in [2.75, 3.05) is 6.54 Å². The molecule has 7 heteroatoms. The summed E-state index contributed by atoms with van der Waals surface area (Å²) in [5.41, 5.74) is 3.74. The van der Waals surface area contributed by atoms with Crippen LogP contribution in [0, 0.1) is 13.8 Å². The maximum atomic E-state index is 12.7. The molecule has 0 spiro atoms. The molecule has 0 saturated heterocycles. The highest BCUT2D eigenvalue weighted by atomic mass is 35.5. The van der Waals surface area contributed by atoms with Crippen LogP contribution in [0.25, 0.3) is 21.6 Å². The van der Waals surface area contributed by atoms with Crippen LogP contribution in [0.1, 0.15) is 21.2 Å². The van der Waals surface area contributed by atoms with Crippen molar-refractivity contribution < 1.29 is 4.79 Å². The van der Waals surface area contributed by atoms with Gasteiger partial charge >= 0.3 is 0 Å². The van der Waals surface area contributed by atoms with Crippen molar-refractivity contribution in [1.82, 2.24) is 19.9 Å². The molecule has 1 N–H and O–H groups in total. The maximum absolute atomic E-state index is 12.7. The summed E-state index contributed by atoms with van der Waals surface area (Å²) in [6, 6.07) is 15.5. The Hall–Kier alpha value is -2.70. The first-order valence-electron chi connectivity index (χ1n) is 8.96. The van der Waals surface area contributed by atoms with Crippen molar-refractivity contribution in [3.8, 4) is 10.6 Å². The second-order valence-electron chi connectivity index (χ2n) is 6.50. The van der Waals surface area contributed by atoms with Gasteiger partial charge in [0.15, 0.2) is 0 Å². The van der Waals surface area contributed by atoms with Crippen LogP contribution < -0.4 is 5.32 Å². The van der Waals surface area contributed by atoms with E-state index >= 15 is 0 Å². The van der Waals surface area contributed by atoms with Gasteiger partial charge in [-0.15, -0.1) is 11.3 Å². The van der Waals surface area contributed by atoms with E-state index in [1.54, 1.807) is 0 Å². The fourth-order valence-electron chi connectivity index (χ4n) is 3.16. The van der Waals surface area contributed by atoms with Crippen molar-refractivity contribution in [2.24, 2.45) is 0 Å². The summed E-state index contributed by atoms with van der Waals surface area (Å²) in [4.78, 5) is 22.4. The average molecular weight is 411 g/mol. The first-order chi connectivity index (χ1) is 13.5. The summed E-state index contributed by atoms with van der Waals surface area (Å²) in [6.45, 7) is 5.03. The highest BCUT2D eigenvalue weighted by Crippen LogP contribution is 2.28. The van der Waals surface area contributed by atoms with Gasteiger partial charge in [-0.3, -0.25) is 4.79 Å². The molecule has 142 valence electrons. The minimum atomic E-state index is -0.0997. The molecular formula is C21H19ClN4OS. The average Bonchev–Trinajstić information content (AvgIpc) is 3.22. The lowest BCUT2D eigenvalue weighted by Crippen LogP contribution is -2.27. The fourth-order valence-corrected chi connectivity index (χ4v) is 4.28. The number of para-hydroxylation sites is 2. The molecule has 5 nitrogen and oxygen atoms in total. The highest BCUT2D eigenvalue weighted by Gasteiger charge is 2.16. The summed E-state index contributed by atoms with van der Waals surface area (Å²) in [6.07, 6.45) is 0. The van der Waals surface area contributed by atoms with E-state index in [0.717, 1.165) is 33.1 Å². The van der Waals surface area contributed by atoms with E-state index in [1.165, 1.54) is 11.3 Å². The number of fused-ring (bicyclic) bond motifs is 1. The first kappa shape index (κ1) is 18.7. The molecule has 0 saturated carbocycles. The van der Waals surface area contributed by atoms with Crippen LogP contribution in [-0.2, 0) is 6.54 Å². The Morgan fingerprint density at radius 3 is 2.64 bits per heavy atom. The molecule has 0 bridgehead atoms. The van der Waals surface area contributed by atoms with Crippen LogP contribution in [0.3, 0.4) is 0 Å².